The minimum Gasteiger partial charge on any atom is -0.0883 e. The van der Waals surface area contributed by atoms with Crippen LogP contribution < -0.4 is 0 Å². The Hall–Kier alpha value is -0.560. The molecule has 1 heteroatoms. The fourth-order valence-electron chi connectivity index (χ4n) is 1.30. The third-order valence-corrected chi connectivity index (χ3v) is 2.52. The third-order valence-electron chi connectivity index (χ3n) is 2.14. The summed E-state index contributed by atoms with van der Waals surface area (Å²) in [5.74, 6) is 0. The maximum atomic E-state index is 3.39. The molecular formula is C12H15Br. The van der Waals surface area contributed by atoms with Crippen LogP contribution in [0, 0.1) is 0 Å². The fourth-order valence-corrected chi connectivity index (χ4v) is 1.49. The van der Waals surface area contributed by atoms with Gasteiger partial charge in [-0.15, -0.1) is 0 Å². The first kappa shape index (κ1) is 10.5. The number of allylic oxidation sites excluding steroid dienone is 2. The smallest absolute Gasteiger partial charge is 0.0212 e. The molecule has 1 aromatic carbocycles. The van der Waals surface area contributed by atoms with Crippen molar-refractivity contribution in [1.29, 1.82) is 0 Å². The Kier molecular flexibility index (Phi) is 3.73. The Bertz CT molecular complexity index is 272. The molecule has 0 saturated heterocycles. The number of hydrogen-bond acceptors (Lipinski definition) is 0. The van der Waals surface area contributed by atoms with E-state index in [1.807, 2.05) is 6.07 Å². The van der Waals surface area contributed by atoms with Gasteiger partial charge in [0.25, 0.3) is 0 Å². The molecule has 0 bridgehead atoms. The minimum atomic E-state index is 0.134. The molecule has 0 aromatic heterocycles. The van der Waals surface area contributed by atoms with Crippen LogP contribution in [0.2, 0.25) is 0 Å². The van der Waals surface area contributed by atoms with Gasteiger partial charge in [0.15, 0.2) is 0 Å². The van der Waals surface area contributed by atoms with Crippen LogP contribution in [0.1, 0.15) is 19.4 Å². The molecule has 0 aliphatic carbocycles. The van der Waals surface area contributed by atoms with E-state index in [4.69, 9.17) is 0 Å². The Morgan fingerprint density at radius 2 is 1.85 bits per heavy atom. The standard InChI is InChI=1S/C12H15Br/c1-12(2,9-6-10-13)11-7-4-3-5-8-11/h3-9H,10H2,1-2H3/b9-6+. The van der Waals surface area contributed by atoms with Crippen LogP contribution in [0.15, 0.2) is 42.5 Å². The maximum absolute atomic E-state index is 3.39. The highest BCUT2D eigenvalue weighted by Gasteiger charge is 2.15. The zero-order valence-corrected chi connectivity index (χ0v) is 9.71. The zero-order chi connectivity index (χ0) is 9.73. The van der Waals surface area contributed by atoms with Crippen molar-refractivity contribution in [2.75, 3.05) is 5.33 Å². The summed E-state index contributed by atoms with van der Waals surface area (Å²) in [6.45, 7) is 4.45. The predicted octanol–water partition coefficient (Wildman–Crippen LogP) is 3.92. The van der Waals surface area contributed by atoms with Crippen molar-refractivity contribution in [2.24, 2.45) is 0 Å². The van der Waals surface area contributed by atoms with Crippen molar-refractivity contribution in [3.63, 3.8) is 0 Å². The van der Waals surface area contributed by atoms with E-state index in [2.05, 4.69) is 66.2 Å². The lowest BCUT2D eigenvalue weighted by molar-refractivity contribution is 0.669. The highest BCUT2D eigenvalue weighted by Crippen LogP contribution is 2.24. The Morgan fingerprint density at radius 3 is 2.38 bits per heavy atom. The molecule has 0 aliphatic rings. The molecule has 1 rings (SSSR count). The molecule has 0 heterocycles. The summed E-state index contributed by atoms with van der Waals surface area (Å²) < 4.78 is 0. The van der Waals surface area contributed by atoms with Gasteiger partial charge < -0.3 is 0 Å². The van der Waals surface area contributed by atoms with E-state index < -0.39 is 0 Å². The average molecular weight is 239 g/mol. The SMILES string of the molecule is CC(C)(/C=C/CBr)c1ccccc1. The lowest BCUT2D eigenvalue weighted by Gasteiger charge is -2.20. The summed E-state index contributed by atoms with van der Waals surface area (Å²) in [5.41, 5.74) is 1.49. The van der Waals surface area contributed by atoms with Gasteiger partial charge in [-0.3, -0.25) is 0 Å². The highest BCUT2D eigenvalue weighted by atomic mass is 79.9. The van der Waals surface area contributed by atoms with Gasteiger partial charge >= 0.3 is 0 Å². The highest BCUT2D eigenvalue weighted by molar-refractivity contribution is 9.09. The molecule has 1 aromatic rings. The lowest BCUT2D eigenvalue weighted by Crippen LogP contribution is -2.12. The van der Waals surface area contributed by atoms with E-state index in [0.29, 0.717) is 0 Å². The molecule has 0 saturated carbocycles. The number of benzene rings is 1. The molecule has 0 fully saturated rings. The molecule has 0 spiro atoms. The number of hydrogen-bond donors (Lipinski definition) is 0. The van der Waals surface area contributed by atoms with Gasteiger partial charge in [0, 0.05) is 10.7 Å². The molecule has 0 unspecified atom stereocenters. The monoisotopic (exact) mass is 238 g/mol. The molecule has 0 amide bonds. The van der Waals surface area contributed by atoms with Crippen molar-refractivity contribution in [3.05, 3.63) is 48.0 Å². The zero-order valence-electron chi connectivity index (χ0n) is 8.13. The van der Waals surface area contributed by atoms with Crippen LogP contribution >= 0.6 is 15.9 Å². The van der Waals surface area contributed by atoms with Gasteiger partial charge in [-0.05, 0) is 5.56 Å². The summed E-state index contributed by atoms with van der Waals surface area (Å²) in [5, 5.41) is 0.920. The van der Waals surface area contributed by atoms with Gasteiger partial charge in [-0.25, -0.2) is 0 Å². The second-order valence-electron chi connectivity index (χ2n) is 3.64. The van der Waals surface area contributed by atoms with Crippen LogP contribution in [-0.2, 0) is 5.41 Å². The molecule has 13 heavy (non-hydrogen) atoms. The lowest BCUT2D eigenvalue weighted by atomic mass is 9.84. The fraction of sp³-hybridized carbons (Fsp3) is 0.333. The number of rotatable bonds is 3. The van der Waals surface area contributed by atoms with Crippen molar-refractivity contribution in [3.8, 4) is 0 Å². The number of alkyl halides is 1. The Labute approximate surface area is 88.8 Å². The summed E-state index contributed by atoms with van der Waals surface area (Å²) in [4.78, 5) is 0. The second-order valence-corrected chi connectivity index (χ2v) is 4.29. The van der Waals surface area contributed by atoms with Crippen molar-refractivity contribution < 1.29 is 0 Å². The Morgan fingerprint density at radius 1 is 1.23 bits per heavy atom. The number of halogens is 1. The van der Waals surface area contributed by atoms with Crippen molar-refractivity contribution in [1.82, 2.24) is 0 Å². The quantitative estimate of drug-likeness (QED) is 0.554. The van der Waals surface area contributed by atoms with Gasteiger partial charge in [0.05, 0.1) is 0 Å². The van der Waals surface area contributed by atoms with E-state index >= 15 is 0 Å². The first-order valence-electron chi connectivity index (χ1n) is 4.46. The summed E-state index contributed by atoms with van der Waals surface area (Å²) in [7, 11) is 0. The largest absolute Gasteiger partial charge is 0.0883 e. The second kappa shape index (κ2) is 4.61. The van der Waals surface area contributed by atoms with Crippen molar-refractivity contribution in [2.45, 2.75) is 19.3 Å². The van der Waals surface area contributed by atoms with Crippen molar-refractivity contribution >= 4 is 15.9 Å². The van der Waals surface area contributed by atoms with E-state index in [1.54, 1.807) is 0 Å². The molecule has 70 valence electrons. The van der Waals surface area contributed by atoms with Crippen LogP contribution in [-0.4, -0.2) is 5.33 Å². The first-order valence-corrected chi connectivity index (χ1v) is 5.58. The van der Waals surface area contributed by atoms with Gasteiger partial charge in [-0.1, -0.05) is 72.3 Å². The summed E-state index contributed by atoms with van der Waals surface area (Å²) in [6, 6.07) is 10.5. The first-order chi connectivity index (χ1) is 6.17. The van der Waals surface area contributed by atoms with Crippen LogP contribution in [0.5, 0.6) is 0 Å². The molecule has 0 radical (unpaired) electrons. The molecule has 0 nitrogen and oxygen atoms in total. The summed E-state index contributed by atoms with van der Waals surface area (Å²) in [6.07, 6.45) is 4.38. The maximum Gasteiger partial charge on any atom is 0.0212 e. The van der Waals surface area contributed by atoms with E-state index in [-0.39, 0.29) is 5.41 Å². The van der Waals surface area contributed by atoms with E-state index in [1.165, 1.54) is 5.56 Å². The van der Waals surface area contributed by atoms with Gasteiger partial charge in [0.2, 0.25) is 0 Å². The average Bonchev–Trinajstić information content (AvgIpc) is 2.16. The topological polar surface area (TPSA) is 0 Å². The van der Waals surface area contributed by atoms with Gasteiger partial charge in [0.1, 0.15) is 0 Å². The molecular weight excluding hydrogens is 224 g/mol. The van der Waals surface area contributed by atoms with Crippen LogP contribution in [0.25, 0.3) is 0 Å². The van der Waals surface area contributed by atoms with E-state index in [9.17, 15) is 0 Å². The van der Waals surface area contributed by atoms with Crippen LogP contribution in [0.3, 0.4) is 0 Å². The Balaban J connectivity index is 2.87. The van der Waals surface area contributed by atoms with Gasteiger partial charge in [-0.2, -0.15) is 0 Å². The normalized spacial score (nSPS) is 12.2. The predicted molar refractivity (Wildman–Crippen MR) is 62.4 cm³/mol. The molecule has 0 N–H and O–H groups in total. The third kappa shape index (κ3) is 3.00. The molecule has 0 aliphatic heterocycles. The van der Waals surface area contributed by atoms with E-state index in [0.717, 1.165) is 5.33 Å². The van der Waals surface area contributed by atoms with Crippen LogP contribution in [0.4, 0.5) is 0 Å². The summed E-state index contributed by atoms with van der Waals surface area (Å²) >= 11 is 3.39. The minimum absolute atomic E-state index is 0.134. The molecule has 0 atom stereocenters.